The molecule has 2 radical (unpaired) electrons. The molecule has 0 saturated carbocycles. The van der Waals surface area contributed by atoms with Crippen LogP contribution in [0.1, 0.15) is 10.4 Å². The number of carboxylic acid groups (broad SMARTS) is 1. The summed E-state index contributed by atoms with van der Waals surface area (Å²) in [5.74, 6) is -2.21. The third-order valence-electron chi connectivity index (χ3n) is 4.12. The molecule has 0 saturated heterocycles. The fraction of sp³-hybridized carbons (Fsp3) is 0. The quantitative estimate of drug-likeness (QED) is 0.145. The molecular formula is C17H13N3Na2O9S2. The van der Waals surface area contributed by atoms with E-state index < -0.39 is 47.4 Å². The van der Waals surface area contributed by atoms with Gasteiger partial charge in [0.15, 0.2) is 5.75 Å². The number of aromatic hydroxyl groups is 1. The molecule has 0 unspecified atom stereocenters. The second-order valence-electron chi connectivity index (χ2n) is 6.15. The van der Waals surface area contributed by atoms with Crippen LogP contribution in [-0.2, 0) is 20.2 Å². The predicted molar refractivity (Wildman–Crippen MR) is 119 cm³/mol. The van der Waals surface area contributed by atoms with Crippen LogP contribution in [0.5, 0.6) is 5.75 Å². The van der Waals surface area contributed by atoms with Gasteiger partial charge >= 0.3 is 5.97 Å². The van der Waals surface area contributed by atoms with E-state index >= 15 is 0 Å². The summed E-state index contributed by atoms with van der Waals surface area (Å²) in [6.45, 7) is 0. The number of rotatable bonds is 5. The Morgan fingerprint density at radius 3 is 2.06 bits per heavy atom. The van der Waals surface area contributed by atoms with Crippen LogP contribution in [0.4, 0.5) is 17.1 Å². The summed E-state index contributed by atoms with van der Waals surface area (Å²) >= 11 is 0. The van der Waals surface area contributed by atoms with Crippen molar-refractivity contribution in [1.29, 1.82) is 0 Å². The largest absolute Gasteiger partial charge is 0.505 e. The minimum absolute atomic E-state index is 0. The van der Waals surface area contributed by atoms with Crippen molar-refractivity contribution in [2.75, 3.05) is 5.73 Å². The predicted octanol–water partition coefficient (Wildman–Crippen LogP) is 1.97. The first-order valence-electron chi connectivity index (χ1n) is 8.09. The molecule has 12 nitrogen and oxygen atoms in total. The first-order valence-corrected chi connectivity index (χ1v) is 11.0. The molecule has 0 aliphatic carbocycles. The van der Waals surface area contributed by atoms with Gasteiger partial charge in [0.05, 0.1) is 10.5 Å². The van der Waals surface area contributed by atoms with Crippen molar-refractivity contribution in [2.24, 2.45) is 10.2 Å². The van der Waals surface area contributed by atoms with Crippen molar-refractivity contribution < 1.29 is 40.9 Å². The summed E-state index contributed by atoms with van der Waals surface area (Å²) in [6, 6.07) is 7.78. The minimum Gasteiger partial charge on any atom is -0.505 e. The van der Waals surface area contributed by atoms with Gasteiger partial charge in [0.2, 0.25) is 0 Å². The van der Waals surface area contributed by atoms with Crippen LogP contribution in [0.3, 0.4) is 0 Å². The Bertz CT molecular complexity index is 1490. The molecule has 0 aliphatic heterocycles. The van der Waals surface area contributed by atoms with E-state index in [-0.39, 0.29) is 86.8 Å². The molecule has 0 aliphatic rings. The van der Waals surface area contributed by atoms with Gasteiger partial charge in [-0.3, -0.25) is 9.11 Å². The van der Waals surface area contributed by atoms with Gasteiger partial charge in [-0.25, -0.2) is 4.79 Å². The van der Waals surface area contributed by atoms with Gasteiger partial charge < -0.3 is 15.9 Å². The topological polar surface area (TPSA) is 217 Å². The Labute approximate surface area is 231 Å². The maximum absolute atomic E-state index is 11.9. The molecule has 3 rings (SSSR count). The molecule has 0 amide bonds. The summed E-state index contributed by atoms with van der Waals surface area (Å²) in [6.07, 6.45) is 0. The van der Waals surface area contributed by atoms with Gasteiger partial charge in [0.1, 0.15) is 16.3 Å². The van der Waals surface area contributed by atoms with Crippen LogP contribution in [-0.4, -0.2) is 101 Å². The van der Waals surface area contributed by atoms with E-state index in [1.165, 1.54) is 24.3 Å². The molecule has 164 valence electrons. The third-order valence-corrected chi connectivity index (χ3v) is 5.82. The normalized spacial score (nSPS) is 11.7. The van der Waals surface area contributed by atoms with E-state index in [9.17, 15) is 40.9 Å². The fourth-order valence-corrected chi connectivity index (χ4v) is 3.99. The Morgan fingerprint density at radius 1 is 0.909 bits per heavy atom. The molecule has 0 spiro atoms. The molecule has 0 fully saturated rings. The zero-order valence-corrected chi connectivity index (χ0v) is 22.8. The molecule has 16 heteroatoms. The average Bonchev–Trinajstić information content (AvgIpc) is 2.65. The van der Waals surface area contributed by atoms with E-state index in [1.54, 1.807) is 0 Å². The number of benzene rings is 3. The van der Waals surface area contributed by atoms with E-state index in [0.717, 1.165) is 18.2 Å². The number of hydrogen-bond acceptors (Lipinski definition) is 9. The van der Waals surface area contributed by atoms with Gasteiger partial charge in [-0.1, -0.05) is 12.1 Å². The number of anilines is 1. The number of aromatic carboxylic acids is 1. The summed E-state index contributed by atoms with van der Waals surface area (Å²) in [5, 5.41) is 26.6. The van der Waals surface area contributed by atoms with Gasteiger partial charge in [-0.15, -0.1) is 10.2 Å². The van der Waals surface area contributed by atoms with E-state index in [2.05, 4.69) is 10.2 Å². The van der Waals surface area contributed by atoms with Gasteiger partial charge in [0, 0.05) is 70.2 Å². The van der Waals surface area contributed by atoms with Crippen molar-refractivity contribution in [3.8, 4) is 5.75 Å². The fourth-order valence-electron chi connectivity index (χ4n) is 2.78. The summed E-state index contributed by atoms with van der Waals surface area (Å²) < 4.78 is 65.3. The van der Waals surface area contributed by atoms with Crippen molar-refractivity contribution in [1.82, 2.24) is 0 Å². The van der Waals surface area contributed by atoms with Crippen LogP contribution in [0.15, 0.2) is 62.5 Å². The minimum atomic E-state index is -5.02. The van der Waals surface area contributed by atoms with Crippen LogP contribution in [0, 0.1) is 0 Å². The first kappa shape index (κ1) is 29.4. The smallest absolute Gasteiger partial charge is 0.337 e. The standard InChI is InChI=1S/C17H13N3O9S2.2Na/c18-11-7-9(30(24,25)26)5-8-6-13(31(27,28)29)15(16(21)14(8)11)20-19-12-4-2-1-3-10(12)17(22)23;;/h1-7,21H,18H2,(H,22,23)(H,24,25,26)(H,27,28,29);;. The number of phenolic OH excluding ortho intramolecular Hbond substituents is 1. The number of carboxylic acids is 1. The molecule has 0 aromatic heterocycles. The molecule has 0 atom stereocenters. The van der Waals surface area contributed by atoms with Crippen LogP contribution in [0.25, 0.3) is 10.8 Å². The third kappa shape index (κ3) is 6.30. The number of hydrogen-bond donors (Lipinski definition) is 5. The number of nitrogens with zero attached hydrogens (tertiary/aromatic N) is 2. The molecule has 3 aromatic carbocycles. The summed E-state index contributed by atoms with van der Waals surface area (Å²) in [4.78, 5) is 9.65. The SMILES string of the molecule is Nc1cc(S(=O)(=O)O)cc2cc(S(=O)(=O)O)c(N=Nc3ccccc3C(=O)O)c(O)c12.[Na].[Na]. The van der Waals surface area contributed by atoms with Crippen LogP contribution in [0.2, 0.25) is 0 Å². The Kier molecular flexibility index (Phi) is 9.61. The molecule has 3 aromatic rings. The maximum Gasteiger partial charge on any atom is 0.337 e. The van der Waals surface area contributed by atoms with E-state index in [0.29, 0.717) is 0 Å². The number of nitrogen functional groups attached to an aromatic ring is 1. The number of carbonyl (C=O) groups is 1. The summed E-state index contributed by atoms with van der Waals surface area (Å²) in [5.41, 5.74) is 4.20. The zero-order chi connectivity index (χ0) is 23.1. The maximum atomic E-state index is 11.9. The Balaban J connectivity index is 0.00000272. The monoisotopic (exact) mass is 513 g/mol. The van der Waals surface area contributed by atoms with Crippen LogP contribution >= 0.6 is 0 Å². The molecule has 0 heterocycles. The Hall–Kier alpha value is -1.59. The van der Waals surface area contributed by atoms with Gasteiger partial charge in [-0.05, 0) is 35.7 Å². The first-order chi connectivity index (χ1) is 14.3. The number of azo groups is 1. The van der Waals surface area contributed by atoms with Crippen molar-refractivity contribution >= 4 is 113 Å². The second kappa shape index (κ2) is 10.8. The van der Waals surface area contributed by atoms with E-state index in [1.807, 2.05) is 0 Å². The van der Waals surface area contributed by atoms with Gasteiger partial charge in [-0.2, -0.15) is 16.8 Å². The second-order valence-corrected chi connectivity index (χ2v) is 8.97. The van der Waals surface area contributed by atoms with Crippen molar-refractivity contribution in [3.63, 3.8) is 0 Å². The zero-order valence-electron chi connectivity index (χ0n) is 17.2. The number of phenols is 1. The van der Waals surface area contributed by atoms with Crippen molar-refractivity contribution in [3.05, 3.63) is 48.0 Å². The van der Waals surface area contributed by atoms with Crippen molar-refractivity contribution in [2.45, 2.75) is 9.79 Å². The van der Waals surface area contributed by atoms with E-state index in [4.69, 9.17) is 5.73 Å². The summed E-state index contributed by atoms with van der Waals surface area (Å²) in [7, 11) is -9.74. The Morgan fingerprint density at radius 2 is 1.52 bits per heavy atom. The number of nitrogens with two attached hydrogens (primary N) is 1. The molecule has 0 bridgehead atoms. The average molecular weight is 513 g/mol. The molecule has 6 N–H and O–H groups in total. The molecule has 33 heavy (non-hydrogen) atoms. The molecular weight excluding hydrogens is 500 g/mol. The van der Waals surface area contributed by atoms with Crippen LogP contribution < -0.4 is 5.73 Å². The number of fused-ring (bicyclic) bond motifs is 1. The van der Waals surface area contributed by atoms with Gasteiger partial charge in [0.25, 0.3) is 20.2 Å².